The number of ether oxygens (including phenoxy) is 2. The van der Waals surface area contributed by atoms with Crippen molar-refractivity contribution in [1.82, 2.24) is 9.97 Å². The lowest BCUT2D eigenvalue weighted by molar-refractivity contribution is -0.00390. The molecule has 3 unspecified atom stereocenters. The molecular weight excluding hydrogens is 496 g/mol. The van der Waals surface area contributed by atoms with Crippen LogP contribution in [0.3, 0.4) is 0 Å². The van der Waals surface area contributed by atoms with Crippen molar-refractivity contribution in [1.29, 1.82) is 0 Å². The molecule has 9 heteroatoms. The van der Waals surface area contributed by atoms with E-state index in [0.717, 1.165) is 27.8 Å². The minimum absolute atomic E-state index is 0.132. The molecule has 1 aliphatic heterocycles. The second-order valence-electron chi connectivity index (χ2n) is 9.62. The Bertz CT molecular complexity index is 1370. The second-order valence-corrected chi connectivity index (χ2v) is 10.0. The van der Waals surface area contributed by atoms with Gasteiger partial charge in [-0.15, -0.1) is 0 Å². The van der Waals surface area contributed by atoms with Crippen molar-refractivity contribution < 1.29 is 29.9 Å². The maximum absolute atomic E-state index is 10.2. The number of aromatic nitrogens is 2. The number of H-pyrrole nitrogens is 1. The molecule has 8 nitrogen and oxygen atoms in total. The van der Waals surface area contributed by atoms with E-state index in [9.17, 15) is 20.4 Å². The Morgan fingerprint density at radius 3 is 2.22 bits per heavy atom. The second kappa shape index (κ2) is 10.4. The highest BCUT2D eigenvalue weighted by atomic mass is 35.5. The Labute approximate surface area is 219 Å². The fraction of sp³-hybridized carbons (Fsp3) is 0.321. The molecule has 5 rings (SSSR count). The minimum atomic E-state index is -0.944. The number of hydrogen-bond donors (Lipinski definition) is 5. The molecule has 37 heavy (non-hydrogen) atoms. The summed E-state index contributed by atoms with van der Waals surface area (Å²) in [6.07, 6.45) is -2.24. The molecule has 2 heterocycles. The van der Waals surface area contributed by atoms with Gasteiger partial charge in [-0.25, -0.2) is 0 Å². The number of halogens is 1. The Morgan fingerprint density at radius 1 is 1.00 bits per heavy atom. The maximum atomic E-state index is 10.2. The molecular formula is C28H29ClN2O6. The van der Waals surface area contributed by atoms with Crippen LogP contribution in [0.2, 0.25) is 5.02 Å². The van der Waals surface area contributed by atoms with Gasteiger partial charge in [0.1, 0.15) is 12.2 Å². The average molecular weight is 525 g/mol. The summed E-state index contributed by atoms with van der Waals surface area (Å²) in [6.45, 7) is 1.44. The average Bonchev–Trinajstić information content (AvgIpc) is 3.49. The van der Waals surface area contributed by atoms with Crippen LogP contribution < -0.4 is 4.74 Å². The van der Waals surface area contributed by atoms with Gasteiger partial charge in [0.25, 0.3) is 6.01 Å². The third-order valence-corrected chi connectivity index (χ3v) is 7.35. The first kappa shape index (κ1) is 25.7. The van der Waals surface area contributed by atoms with E-state index in [4.69, 9.17) is 21.1 Å². The lowest BCUT2D eigenvalue weighted by Crippen LogP contribution is -2.36. The van der Waals surface area contributed by atoms with Crippen LogP contribution in [0.15, 0.2) is 60.7 Å². The molecule has 4 aromatic rings. The molecule has 5 N–H and O–H groups in total. The summed E-state index contributed by atoms with van der Waals surface area (Å²) < 4.78 is 11.1. The smallest absolute Gasteiger partial charge is 0.295 e. The van der Waals surface area contributed by atoms with Crippen molar-refractivity contribution in [2.75, 3.05) is 26.4 Å². The van der Waals surface area contributed by atoms with Gasteiger partial charge in [0.05, 0.1) is 42.5 Å². The first-order valence-electron chi connectivity index (χ1n) is 12.0. The van der Waals surface area contributed by atoms with Crippen molar-refractivity contribution in [3.8, 4) is 28.3 Å². The molecule has 0 radical (unpaired) electrons. The van der Waals surface area contributed by atoms with Gasteiger partial charge in [-0.1, -0.05) is 67.1 Å². The van der Waals surface area contributed by atoms with Gasteiger partial charge in [0.15, 0.2) is 6.10 Å². The van der Waals surface area contributed by atoms with Crippen molar-refractivity contribution in [2.24, 2.45) is 0 Å². The molecule has 0 amide bonds. The van der Waals surface area contributed by atoms with Crippen LogP contribution >= 0.6 is 11.6 Å². The van der Waals surface area contributed by atoms with E-state index in [1.165, 1.54) is 0 Å². The molecule has 194 valence electrons. The topological polar surface area (TPSA) is 128 Å². The minimum Gasteiger partial charge on any atom is -0.456 e. The fourth-order valence-electron chi connectivity index (χ4n) is 4.49. The lowest BCUT2D eigenvalue weighted by atomic mass is 9.83. The molecule has 0 aliphatic carbocycles. The lowest BCUT2D eigenvalue weighted by Gasteiger charge is -2.25. The van der Waals surface area contributed by atoms with Gasteiger partial charge in [-0.2, -0.15) is 4.98 Å². The fourth-order valence-corrected chi connectivity index (χ4v) is 4.76. The predicted octanol–water partition coefficient (Wildman–Crippen LogP) is 3.29. The Balaban J connectivity index is 1.36. The standard InChI is InChI=1S/C28H29ClN2O6/c1-28(14-33,15-34)19-8-6-17(7-9-19)16-2-4-18(5-3-16)20-10-22-23(11-21(20)29)31-27(30-22)37-25-13-36-24(12-32)26(25)35/h2-11,24-26,32-35H,12-15H2,1H3,(H,30,31). The maximum Gasteiger partial charge on any atom is 0.295 e. The predicted molar refractivity (Wildman–Crippen MR) is 141 cm³/mol. The zero-order valence-corrected chi connectivity index (χ0v) is 21.0. The number of aromatic amines is 1. The SMILES string of the molecule is CC(CO)(CO)c1ccc(-c2ccc(-c3cc4nc(OC5COC(CO)C5O)[nH]c4cc3Cl)cc2)cc1. The highest BCUT2D eigenvalue weighted by Crippen LogP contribution is 2.34. The van der Waals surface area contributed by atoms with E-state index in [1.54, 1.807) is 6.07 Å². The molecule has 0 spiro atoms. The van der Waals surface area contributed by atoms with Gasteiger partial charge in [-0.3, -0.25) is 0 Å². The quantitative estimate of drug-likeness (QED) is 0.239. The molecule has 1 fully saturated rings. The third kappa shape index (κ3) is 4.96. The van der Waals surface area contributed by atoms with Gasteiger partial charge in [0, 0.05) is 11.0 Å². The van der Waals surface area contributed by atoms with E-state index in [0.29, 0.717) is 16.1 Å². The summed E-state index contributed by atoms with van der Waals surface area (Å²) in [5.41, 5.74) is 5.35. The number of fused-ring (bicyclic) bond motifs is 1. The number of aliphatic hydroxyl groups is 4. The number of nitrogens with zero attached hydrogens (tertiary/aromatic N) is 1. The van der Waals surface area contributed by atoms with Crippen LogP contribution in [0.5, 0.6) is 6.01 Å². The summed E-state index contributed by atoms with van der Waals surface area (Å²) in [4.78, 5) is 7.57. The summed E-state index contributed by atoms with van der Waals surface area (Å²) in [6, 6.07) is 19.7. The molecule has 0 bridgehead atoms. The van der Waals surface area contributed by atoms with Crippen molar-refractivity contribution >= 4 is 22.6 Å². The largest absolute Gasteiger partial charge is 0.456 e. The molecule has 1 aromatic heterocycles. The normalized spacial score (nSPS) is 20.0. The van der Waals surface area contributed by atoms with Crippen LogP contribution in [0.25, 0.3) is 33.3 Å². The van der Waals surface area contributed by atoms with Gasteiger partial charge in [0.2, 0.25) is 0 Å². The number of rotatable bonds is 8. The van der Waals surface area contributed by atoms with Gasteiger partial charge >= 0.3 is 0 Å². The third-order valence-electron chi connectivity index (χ3n) is 7.04. The highest BCUT2D eigenvalue weighted by Gasteiger charge is 2.37. The Kier molecular flexibility index (Phi) is 7.22. The van der Waals surface area contributed by atoms with E-state index in [1.807, 2.05) is 61.5 Å². The number of nitrogens with one attached hydrogen (secondary N) is 1. The Hall–Kier alpha value is -2.98. The van der Waals surface area contributed by atoms with E-state index >= 15 is 0 Å². The molecule has 1 aliphatic rings. The Morgan fingerprint density at radius 2 is 1.62 bits per heavy atom. The van der Waals surface area contributed by atoms with Crippen LogP contribution in [-0.2, 0) is 10.2 Å². The summed E-state index contributed by atoms with van der Waals surface area (Å²) in [7, 11) is 0. The van der Waals surface area contributed by atoms with Crippen molar-refractivity contribution in [3.63, 3.8) is 0 Å². The number of aliphatic hydroxyl groups excluding tert-OH is 4. The van der Waals surface area contributed by atoms with Gasteiger partial charge in [-0.05, 0) is 34.4 Å². The van der Waals surface area contributed by atoms with E-state index in [2.05, 4.69) is 9.97 Å². The van der Waals surface area contributed by atoms with Crippen LogP contribution in [-0.4, -0.2) is 75.1 Å². The van der Waals surface area contributed by atoms with Crippen LogP contribution in [0, 0.1) is 0 Å². The first-order chi connectivity index (χ1) is 17.8. The number of hydrogen-bond acceptors (Lipinski definition) is 7. The molecule has 3 atom stereocenters. The summed E-state index contributed by atoms with van der Waals surface area (Å²) in [5, 5.41) is 39.3. The van der Waals surface area contributed by atoms with Gasteiger partial charge < -0.3 is 34.9 Å². The van der Waals surface area contributed by atoms with Crippen LogP contribution in [0.1, 0.15) is 12.5 Å². The molecule has 1 saturated heterocycles. The number of imidazole rings is 1. The monoisotopic (exact) mass is 524 g/mol. The summed E-state index contributed by atoms with van der Waals surface area (Å²) >= 11 is 6.61. The zero-order valence-electron chi connectivity index (χ0n) is 20.3. The molecule has 3 aromatic carbocycles. The first-order valence-corrected chi connectivity index (χ1v) is 12.4. The van der Waals surface area contributed by atoms with E-state index in [-0.39, 0.29) is 32.4 Å². The molecule has 0 saturated carbocycles. The van der Waals surface area contributed by atoms with Crippen molar-refractivity contribution in [3.05, 3.63) is 71.2 Å². The van der Waals surface area contributed by atoms with Crippen molar-refractivity contribution in [2.45, 2.75) is 30.7 Å². The highest BCUT2D eigenvalue weighted by molar-refractivity contribution is 6.34. The number of benzene rings is 3. The van der Waals surface area contributed by atoms with Crippen LogP contribution in [0.4, 0.5) is 0 Å². The zero-order chi connectivity index (χ0) is 26.2. The summed E-state index contributed by atoms with van der Waals surface area (Å²) in [5.74, 6) is 0. The van der Waals surface area contributed by atoms with E-state index < -0.39 is 23.7 Å².